The molecule has 0 saturated heterocycles. The zero-order valence-corrected chi connectivity index (χ0v) is 7.04. The molecule has 2 nitrogen and oxygen atoms in total. The normalized spacial score (nSPS) is 31.2. The van der Waals surface area contributed by atoms with Gasteiger partial charge in [-0.3, -0.25) is 9.98 Å². The zero-order valence-electron chi connectivity index (χ0n) is 5.41. The highest BCUT2D eigenvalue weighted by atomic mass is 32.2. The average molecular weight is 171 g/mol. The third kappa shape index (κ3) is 1.22. The third-order valence-electron chi connectivity index (χ3n) is 1.41. The molecule has 2 rings (SSSR count). The summed E-state index contributed by atoms with van der Waals surface area (Å²) in [6.45, 7) is 0.983. The van der Waals surface area contributed by atoms with Crippen LogP contribution in [0.5, 0.6) is 0 Å². The maximum absolute atomic E-state index is 4.35. The summed E-state index contributed by atoms with van der Waals surface area (Å²) in [5.74, 6) is 2.19. The maximum Gasteiger partial charge on any atom is 0.123 e. The SMILES string of the molecule is [C]1=NC(C2=NCCS2)CS1. The summed E-state index contributed by atoms with van der Waals surface area (Å²) in [5, 5.41) is 1.22. The molecule has 0 spiro atoms. The lowest BCUT2D eigenvalue weighted by atomic mass is 10.4. The maximum atomic E-state index is 4.35. The molecule has 1 unspecified atom stereocenters. The summed E-state index contributed by atoms with van der Waals surface area (Å²) in [7, 11) is 0. The molecule has 10 heavy (non-hydrogen) atoms. The molecule has 1 radical (unpaired) electrons. The van der Waals surface area contributed by atoms with Crippen molar-refractivity contribution in [2.75, 3.05) is 18.1 Å². The Hall–Kier alpha value is 0.0400. The van der Waals surface area contributed by atoms with Crippen molar-refractivity contribution >= 4 is 34.1 Å². The van der Waals surface area contributed by atoms with E-state index in [1.165, 1.54) is 5.04 Å². The van der Waals surface area contributed by atoms with Gasteiger partial charge in [0.2, 0.25) is 0 Å². The first-order chi connectivity index (χ1) is 4.97. The van der Waals surface area contributed by atoms with E-state index < -0.39 is 0 Å². The van der Waals surface area contributed by atoms with E-state index in [4.69, 9.17) is 0 Å². The molecule has 0 aromatic heterocycles. The van der Waals surface area contributed by atoms with Gasteiger partial charge in [-0.2, -0.15) is 0 Å². The van der Waals surface area contributed by atoms with Crippen molar-refractivity contribution in [2.45, 2.75) is 6.04 Å². The number of hydrogen-bond donors (Lipinski definition) is 0. The summed E-state index contributed by atoms with van der Waals surface area (Å²) < 4.78 is 0. The van der Waals surface area contributed by atoms with Gasteiger partial charge in [0.15, 0.2) is 0 Å². The van der Waals surface area contributed by atoms with Gasteiger partial charge in [-0.05, 0) is 0 Å². The Balaban J connectivity index is 2.04. The lowest BCUT2D eigenvalue weighted by molar-refractivity contribution is 1.02. The molecule has 53 valence electrons. The fourth-order valence-corrected chi connectivity index (χ4v) is 2.61. The Kier molecular flexibility index (Phi) is 2.00. The lowest BCUT2D eigenvalue weighted by Crippen LogP contribution is -2.13. The Morgan fingerprint density at radius 1 is 1.60 bits per heavy atom. The quantitative estimate of drug-likeness (QED) is 0.591. The number of nitrogens with zero attached hydrogens (tertiary/aromatic N) is 2. The van der Waals surface area contributed by atoms with E-state index in [-0.39, 0.29) is 0 Å². The zero-order chi connectivity index (χ0) is 6.81. The van der Waals surface area contributed by atoms with E-state index in [0.717, 1.165) is 18.1 Å². The smallest absolute Gasteiger partial charge is 0.123 e. The molecule has 1 atom stereocenters. The Bertz CT molecular complexity index is 188. The summed E-state index contributed by atoms with van der Waals surface area (Å²) in [6, 6.07) is 0.345. The Morgan fingerprint density at radius 2 is 2.60 bits per heavy atom. The van der Waals surface area contributed by atoms with Crippen LogP contribution >= 0.6 is 23.5 Å². The van der Waals surface area contributed by atoms with Crippen LogP contribution in [-0.2, 0) is 0 Å². The van der Waals surface area contributed by atoms with E-state index in [2.05, 4.69) is 15.5 Å². The van der Waals surface area contributed by atoms with E-state index in [1.807, 2.05) is 11.8 Å². The van der Waals surface area contributed by atoms with Crippen LogP contribution in [0.4, 0.5) is 0 Å². The minimum absolute atomic E-state index is 0.345. The van der Waals surface area contributed by atoms with Gasteiger partial charge in [0.05, 0.1) is 5.04 Å². The average Bonchev–Trinajstić information content (AvgIpc) is 2.59. The molecule has 0 aliphatic carbocycles. The van der Waals surface area contributed by atoms with Crippen molar-refractivity contribution in [3.05, 3.63) is 0 Å². The van der Waals surface area contributed by atoms with Crippen LogP contribution in [0, 0.1) is 0 Å². The molecular weight excluding hydrogens is 164 g/mol. The molecule has 0 amide bonds. The van der Waals surface area contributed by atoms with E-state index in [1.54, 1.807) is 11.8 Å². The predicted octanol–water partition coefficient (Wildman–Crippen LogP) is 1.15. The highest BCUT2D eigenvalue weighted by Gasteiger charge is 2.21. The first kappa shape index (κ1) is 6.73. The standard InChI is InChI=1S/C6H7N2S2/c1-2-10-6(7-1)5-3-9-4-8-5/h5H,1-3H2. The van der Waals surface area contributed by atoms with Gasteiger partial charge in [0.25, 0.3) is 0 Å². The molecule has 0 fully saturated rings. The molecule has 0 saturated carbocycles. The van der Waals surface area contributed by atoms with Crippen molar-refractivity contribution in [3.8, 4) is 0 Å². The molecule has 2 aliphatic rings. The summed E-state index contributed by atoms with van der Waals surface area (Å²) in [4.78, 5) is 8.53. The number of rotatable bonds is 1. The highest BCUT2D eigenvalue weighted by Crippen LogP contribution is 2.22. The van der Waals surface area contributed by atoms with Crippen molar-refractivity contribution < 1.29 is 0 Å². The van der Waals surface area contributed by atoms with E-state index >= 15 is 0 Å². The van der Waals surface area contributed by atoms with Gasteiger partial charge in [0.1, 0.15) is 11.6 Å². The van der Waals surface area contributed by atoms with E-state index in [9.17, 15) is 0 Å². The second kappa shape index (κ2) is 2.96. The van der Waals surface area contributed by atoms with Gasteiger partial charge in [-0.1, -0.05) is 0 Å². The molecule has 0 bridgehead atoms. The van der Waals surface area contributed by atoms with E-state index in [0.29, 0.717) is 6.04 Å². The van der Waals surface area contributed by atoms with Crippen LogP contribution < -0.4 is 0 Å². The largest absolute Gasteiger partial charge is 0.280 e. The van der Waals surface area contributed by atoms with Gasteiger partial charge >= 0.3 is 0 Å². The molecule has 0 N–H and O–H groups in total. The topological polar surface area (TPSA) is 24.7 Å². The minimum atomic E-state index is 0.345. The fourth-order valence-electron chi connectivity index (χ4n) is 0.934. The summed E-state index contributed by atoms with van der Waals surface area (Å²) in [6.07, 6.45) is 0. The Morgan fingerprint density at radius 3 is 3.20 bits per heavy atom. The van der Waals surface area contributed by atoms with Crippen molar-refractivity contribution in [1.29, 1.82) is 0 Å². The molecule has 0 aromatic rings. The minimum Gasteiger partial charge on any atom is -0.280 e. The fraction of sp³-hybridized carbons (Fsp3) is 0.667. The van der Waals surface area contributed by atoms with Crippen LogP contribution in [0.1, 0.15) is 0 Å². The molecule has 4 heteroatoms. The summed E-state index contributed by atoms with van der Waals surface area (Å²) >= 11 is 3.50. The molecule has 0 aromatic carbocycles. The number of thioether (sulfide) groups is 2. The van der Waals surface area contributed by atoms with Crippen molar-refractivity contribution in [1.82, 2.24) is 0 Å². The van der Waals surface area contributed by atoms with Crippen LogP contribution in [0.25, 0.3) is 0 Å². The second-order valence-electron chi connectivity index (χ2n) is 2.12. The highest BCUT2D eigenvalue weighted by molar-refractivity contribution is 8.15. The third-order valence-corrected chi connectivity index (χ3v) is 3.21. The molecular formula is C6H7N2S2. The first-order valence-corrected chi connectivity index (χ1v) is 5.18. The number of aliphatic imine (C=N–C) groups is 2. The van der Waals surface area contributed by atoms with Gasteiger partial charge in [0, 0.05) is 18.1 Å². The molecule has 2 aliphatic heterocycles. The van der Waals surface area contributed by atoms with Crippen LogP contribution in [-0.4, -0.2) is 34.7 Å². The first-order valence-electron chi connectivity index (χ1n) is 3.20. The summed E-state index contributed by atoms with van der Waals surface area (Å²) in [5.41, 5.74) is 2.90. The molecule has 2 heterocycles. The van der Waals surface area contributed by atoms with Gasteiger partial charge < -0.3 is 0 Å². The monoisotopic (exact) mass is 171 g/mol. The number of hydrogen-bond acceptors (Lipinski definition) is 4. The van der Waals surface area contributed by atoms with Crippen molar-refractivity contribution in [2.24, 2.45) is 9.98 Å². The van der Waals surface area contributed by atoms with Crippen LogP contribution in [0.3, 0.4) is 0 Å². The Labute approximate surface area is 68.6 Å². The van der Waals surface area contributed by atoms with Gasteiger partial charge in [-0.25, -0.2) is 0 Å². The van der Waals surface area contributed by atoms with Crippen LogP contribution in [0.2, 0.25) is 0 Å². The lowest BCUT2D eigenvalue weighted by Gasteiger charge is -2.02. The second-order valence-corrected chi connectivity index (χ2v) is 4.04. The van der Waals surface area contributed by atoms with Gasteiger partial charge in [-0.15, -0.1) is 23.5 Å². The predicted molar refractivity (Wildman–Crippen MR) is 48.4 cm³/mol. The van der Waals surface area contributed by atoms with Crippen LogP contribution in [0.15, 0.2) is 9.98 Å². The van der Waals surface area contributed by atoms with Crippen molar-refractivity contribution in [3.63, 3.8) is 0 Å².